The number of rotatable bonds is 1. The van der Waals surface area contributed by atoms with Gasteiger partial charge in [0.2, 0.25) is 5.56 Å². The first-order chi connectivity index (χ1) is 9.75. The maximum absolute atomic E-state index is 12.6. The highest BCUT2D eigenvalue weighted by molar-refractivity contribution is 6.05. The summed E-state index contributed by atoms with van der Waals surface area (Å²) in [6.07, 6.45) is 0.826. The summed E-state index contributed by atoms with van der Waals surface area (Å²) < 4.78 is 5.36. The van der Waals surface area contributed by atoms with E-state index in [1.165, 1.54) is 6.07 Å². The molecule has 0 atom stereocenters. The highest BCUT2D eigenvalue weighted by Gasteiger charge is 2.20. The Morgan fingerprint density at radius 3 is 2.95 bits per heavy atom. The van der Waals surface area contributed by atoms with Crippen LogP contribution in [0.5, 0.6) is 0 Å². The summed E-state index contributed by atoms with van der Waals surface area (Å²) >= 11 is 0. The molecule has 1 aromatic heterocycles. The normalized spacial score (nSPS) is 16.1. The number of carbonyl (C=O) groups is 1. The van der Waals surface area contributed by atoms with E-state index in [0.29, 0.717) is 37.4 Å². The van der Waals surface area contributed by atoms with Crippen molar-refractivity contribution in [3.8, 4) is 0 Å². The van der Waals surface area contributed by atoms with Crippen LogP contribution in [0.25, 0.3) is 10.9 Å². The van der Waals surface area contributed by atoms with Gasteiger partial charge in [-0.3, -0.25) is 9.59 Å². The van der Waals surface area contributed by atoms with Crippen molar-refractivity contribution < 1.29 is 9.53 Å². The number of nitrogens with zero attached hydrogens (tertiary/aromatic N) is 1. The Kier molecular flexibility index (Phi) is 3.52. The van der Waals surface area contributed by atoms with Crippen molar-refractivity contribution >= 4 is 16.8 Å². The van der Waals surface area contributed by atoms with E-state index >= 15 is 0 Å². The Labute approximate surface area is 116 Å². The van der Waals surface area contributed by atoms with Gasteiger partial charge < -0.3 is 14.6 Å². The Morgan fingerprint density at radius 2 is 2.05 bits per heavy atom. The molecule has 0 spiro atoms. The number of nitrogens with one attached hydrogen (secondary N) is 1. The first-order valence-electron chi connectivity index (χ1n) is 6.75. The van der Waals surface area contributed by atoms with Crippen LogP contribution in [-0.2, 0) is 4.74 Å². The number of amides is 1. The molecule has 0 saturated carbocycles. The highest BCUT2D eigenvalue weighted by Crippen LogP contribution is 2.17. The molecule has 0 radical (unpaired) electrons. The van der Waals surface area contributed by atoms with Crippen LogP contribution in [0.4, 0.5) is 0 Å². The Morgan fingerprint density at radius 1 is 1.20 bits per heavy atom. The van der Waals surface area contributed by atoms with Gasteiger partial charge in [-0.05, 0) is 12.5 Å². The van der Waals surface area contributed by atoms with E-state index in [0.717, 1.165) is 11.8 Å². The van der Waals surface area contributed by atoms with Crippen molar-refractivity contribution in [3.63, 3.8) is 0 Å². The van der Waals surface area contributed by atoms with Crippen LogP contribution in [0.15, 0.2) is 35.1 Å². The van der Waals surface area contributed by atoms with E-state index < -0.39 is 0 Å². The van der Waals surface area contributed by atoms with E-state index in [4.69, 9.17) is 4.74 Å². The minimum Gasteiger partial charge on any atom is -0.380 e. The number of para-hydroxylation sites is 1. The molecule has 1 saturated heterocycles. The number of aromatic nitrogens is 1. The van der Waals surface area contributed by atoms with Gasteiger partial charge in [0.1, 0.15) is 0 Å². The second-order valence-electron chi connectivity index (χ2n) is 4.85. The number of carbonyl (C=O) groups excluding carboxylic acids is 1. The summed E-state index contributed by atoms with van der Waals surface area (Å²) in [6, 6.07) is 8.75. The third-order valence-corrected chi connectivity index (χ3v) is 3.49. The predicted molar refractivity (Wildman–Crippen MR) is 75.9 cm³/mol. The molecule has 1 aromatic carbocycles. The van der Waals surface area contributed by atoms with Crippen LogP contribution in [-0.4, -0.2) is 42.1 Å². The third-order valence-electron chi connectivity index (χ3n) is 3.49. The fourth-order valence-corrected chi connectivity index (χ4v) is 2.50. The monoisotopic (exact) mass is 272 g/mol. The zero-order valence-corrected chi connectivity index (χ0v) is 11.1. The number of H-pyrrole nitrogens is 1. The summed E-state index contributed by atoms with van der Waals surface area (Å²) in [6.45, 7) is 2.46. The van der Waals surface area contributed by atoms with Crippen LogP contribution in [0.2, 0.25) is 0 Å². The first-order valence-corrected chi connectivity index (χ1v) is 6.75. The number of ether oxygens (including phenoxy) is 1. The molecule has 2 heterocycles. The van der Waals surface area contributed by atoms with Gasteiger partial charge in [-0.25, -0.2) is 0 Å². The van der Waals surface area contributed by atoms with Crippen molar-refractivity contribution in [2.45, 2.75) is 6.42 Å². The number of aromatic amines is 1. The maximum Gasteiger partial charge on any atom is 0.254 e. The second kappa shape index (κ2) is 5.46. The summed E-state index contributed by atoms with van der Waals surface area (Å²) in [5.41, 5.74) is 0.902. The second-order valence-corrected chi connectivity index (χ2v) is 4.85. The number of hydrogen-bond acceptors (Lipinski definition) is 3. The van der Waals surface area contributed by atoms with Crippen molar-refractivity contribution in [3.05, 3.63) is 46.2 Å². The van der Waals surface area contributed by atoms with E-state index in [1.807, 2.05) is 18.2 Å². The van der Waals surface area contributed by atoms with Gasteiger partial charge in [-0.2, -0.15) is 0 Å². The van der Waals surface area contributed by atoms with E-state index in [9.17, 15) is 9.59 Å². The fourth-order valence-electron chi connectivity index (χ4n) is 2.50. The lowest BCUT2D eigenvalue weighted by Crippen LogP contribution is -2.34. The molecular weight excluding hydrogens is 256 g/mol. The predicted octanol–water partition coefficient (Wildman–Crippen LogP) is 1.39. The van der Waals surface area contributed by atoms with E-state index in [2.05, 4.69) is 4.98 Å². The van der Waals surface area contributed by atoms with Crippen LogP contribution in [0, 0.1) is 0 Å². The van der Waals surface area contributed by atoms with Gasteiger partial charge in [0, 0.05) is 36.7 Å². The molecule has 1 aliphatic rings. The van der Waals surface area contributed by atoms with Gasteiger partial charge in [0.15, 0.2) is 0 Å². The van der Waals surface area contributed by atoms with Crippen molar-refractivity contribution in [2.75, 3.05) is 26.3 Å². The van der Waals surface area contributed by atoms with Crippen LogP contribution in [0.3, 0.4) is 0 Å². The molecule has 20 heavy (non-hydrogen) atoms. The zero-order valence-electron chi connectivity index (χ0n) is 11.1. The molecule has 5 heteroatoms. The standard InChI is InChI=1S/C15H16N2O3/c18-14-10-12(11-4-1-2-5-13(11)16-14)15(19)17-6-3-8-20-9-7-17/h1-2,4-5,10H,3,6-9H2,(H,16,18). The Bertz CT molecular complexity index is 685. The maximum atomic E-state index is 12.6. The van der Waals surface area contributed by atoms with Crippen molar-refractivity contribution in [2.24, 2.45) is 0 Å². The Balaban J connectivity index is 2.04. The molecule has 1 N–H and O–H groups in total. The lowest BCUT2D eigenvalue weighted by Gasteiger charge is -2.20. The molecule has 5 nitrogen and oxygen atoms in total. The molecule has 0 aliphatic carbocycles. The molecule has 0 unspecified atom stereocenters. The fraction of sp³-hybridized carbons (Fsp3) is 0.333. The lowest BCUT2D eigenvalue weighted by molar-refractivity contribution is 0.0743. The van der Waals surface area contributed by atoms with Crippen molar-refractivity contribution in [1.82, 2.24) is 9.88 Å². The van der Waals surface area contributed by atoms with Crippen LogP contribution >= 0.6 is 0 Å². The van der Waals surface area contributed by atoms with Crippen LogP contribution < -0.4 is 5.56 Å². The van der Waals surface area contributed by atoms with E-state index in [1.54, 1.807) is 11.0 Å². The summed E-state index contributed by atoms with van der Waals surface area (Å²) in [5, 5.41) is 0.780. The number of hydrogen-bond donors (Lipinski definition) is 1. The molecule has 1 amide bonds. The topological polar surface area (TPSA) is 62.4 Å². The van der Waals surface area contributed by atoms with Crippen LogP contribution in [0.1, 0.15) is 16.8 Å². The molecule has 3 rings (SSSR count). The largest absolute Gasteiger partial charge is 0.380 e. The van der Waals surface area contributed by atoms with Crippen molar-refractivity contribution in [1.29, 1.82) is 0 Å². The number of fused-ring (bicyclic) bond motifs is 1. The highest BCUT2D eigenvalue weighted by atomic mass is 16.5. The minimum absolute atomic E-state index is 0.0993. The average molecular weight is 272 g/mol. The lowest BCUT2D eigenvalue weighted by atomic mass is 10.1. The summed E-state index contributed by atoms with van der Waals surface area (Å²) in [7, 11) is 0. The van der Waals surface area contributed by atoms with Gasteiger partial charge in [-0.15, -0.1) is 0 Å². The quantitative estimate of drug-likeness (QED) is 0.853. The summed E-state index contributed by atoms with van der Waals surface area (Å²) in [4.78, 5) is 28.9. The SMILES string of the molecule is O=C(c1cc(=O)[nH]c2ccccc12)N1CCCOCC1. The van der Waals surface area contributed by atoms with Gasteiger partial charge >= 0.3 is 0 Å². The van der Waals surface area contributed by atoms with Gasteiger partial charge in [0.25, 0.3) is 5.91 Å². The summed E-state index contributed by atoms with van der Waals surface area (Å²) in [5.74, 6) is -0.0993. The number of benzene rings is 1. The minimum atomic E-state index is -0.252. The van der Waals surface area contributed by atoms with Gasteiger partial charge in [0.05, 0.1) is 12.2 Å². The third kappa shape index (κ3) is 2.44. The molecule has 104 valence electrons. The molecule has 1 aliphatic heterocycles. The zero-order chi connectivity index (χ0) is 13.9. The average Bonchev–Trinajstić information content (AvgIpc) is 2.74. The molecule has 1 fully saturated rings. The first kappa shape index (κ1) is 12.9. The number of pyridine rings is 1. The smallest absolute Gasteiger partial charge is 0.254 e. The Hall–Kier alpha value is -2.14. The molecular formula is C15H16N2O3. The molecule has 2 aromatic rings. The molecule has 0 bridgehead atoms. The van der Waals surface area contributed by atoms with Gasteiger partial charge in [-0.1, -0.05) is 18.2 Å². The van der Waals surface area contributed by atoms with E-state index in [-0.39, 0.29) is 11.5 Å².